The van der Waals surface area contributed by atoms with Crippen LogP contribution in [0.4, 0.5) is 0 Å². The predicted octanol–water partition coefficient (Wildman–Crippen LogP) is 1.93. The molecule has 31 heavy (non-hydrogen) atoms. The molecular formula is C21H29N5O5. The molecule has 0 aliphatic carbocycles. The van der Waals surface area contributed by atoms with E-state index in [0.29, 0.717) is 42.9 Å². The van der Waals surface area contributed by atoms with Gasteiger partial charge in [0.05, 0.1) is 20.3 Å². The summed E-state index contributed by atoms with van der Waals surface area (Å²) in [5, 5.41) is 4.16. The molecule has 0 saturated carbocycles. The quantitative estimate of drug-likeness (QED) is 0.678. The highest BCUT2D eigenvalue weighted by Gasteiger charge is 2.46. The zero-order chi connectivity index (χ0) is 22.0. The van der Waals surface area contributed by atoms with Gasteiger partial charge in [0.25, 0.3) is 11.8 Å². The molecule has 2 saturated heterocycles. The van der Waals surface area contributed by atoms with Crippen molar-refractivity contribution in [1.82, 2.24) is 24.9 Å². The van der Waals surface area contributed by atoms with E-state index in [4.69, 9.17) is 18.7 Å². The van der Waals surface area contributed by atoms with Gasteiger partial charge in [-0.2, -0.15) is 9.97 Å². The number of likely N-dealkylation sites (tertiary alicyclic amines) is 2. The molecule has 0 bridgehead atoms. The topological polar surface area (TPSA) is 103 Å². The van der Waals surface area contributed by atoms with Gasteiger partial charge in [0, 0.05) is 32.8 Å². The van der Waals surface area contributed by atoms with Crippen molar-refractivity contribution >= 4 is 5.91 Å². The zero-order valence-corrected chi connectivity index (χ0v) is 18.5. The largest absolute Gasteiger partial charge is 0.481 e. The predicted molar refractivity (Wildman–Crippen MR) is 110 cm³/mol. The molecule has 10 heteroatoms. The van der Waals surface area contributed by atoms with Crippen molar-refractivity contribution in [2.24, 2.45) is 5.41 Å². The third kappa shape index (κ3) is 4.22. The van der Waals surface area contributed by atoms with Gasteiger partial charge in [-0.1, -0.05) is 5.16 Å². The van der Waals surface area contributed by atoms with Crippen molar-refractivity contribution < 1.29 is 23.5 Å². The molecule has 1 amide bonds. The number of carbonyl (C=O) groups is 1. The Labute approximate surface area is 181 Å². The lowest BCUT2D eigenvalue weighted by Gasteiger charge is -2.39. The molecule has 1 atom stereocenters. The van der Waals surface area contributed by atoms with E-state index in [0.717, 1.165) is 25.8 Å². The third-order valence-corrected chi connectivity index (χ3v) is 6.37. The van der Waals surface area contributed by atoms with E-state index < -0.39 is 0 Å². The SMILES string of the molecule is COCc1nc(C2CC3(CCN(C(=O)c4ccc(OC)nc4OC)CC3)CN2C)no1. The van der Waals surface area contributed by atoms with E-state index in [1.807, 2.05) is 4.90 Å². The maximum atomic E-state index is 13.1. The lowest BCUT2D eigenvalue weighted by atomic mass is 9.76. The molecule has 168 valence electrons. The van der Waals surface area contributed by atoms with Gasteiger partial charge in [0.15, 0.2) is 5.82 Å². The van der Waals surface area contributed by atoms with Crippen molar-refractivity contribution in [2.75, 3.05) is 48.0 Å². The lowest BCUT2D eigenvalue weighted by Crippen LogP contribution is -2.44. The van der Waals surface area contributed by atoms with Crippen LogP contribution in [-0.2, 0) is 11.3 Å². The monoisotopic (exact) mass is 431 g/mol. The van der Waals surface area contributed by atoms with E-state index in [1.165, 1.54) is 14.2 Å². The molecule has 4 rings (SSSR count). The summed E-state index contributed by atoms with van der Waals surface area (Å²) in [6.45, 7) is 2.64. The number of nitrogens with zero attached hydrogens (tertiary/aromatic N) is 5. The second-order valence-corrected chi connectivity index (χ2v) is 8.32. The van der Waals surface area contributed by atoms with Crippen molar-refractivity contribution in [3.05, 3.63) is 29.4 Å². The number of pyridine rings is 1. The number of rotatable bonds is 6. The van der Waals surface area contributed by atoms with E-state index in [1.54, 1.807) is 19.2 Å². The summed E-state index contributed by atoms with van der Waals surface area (Å²) < 4.78 is 20.8. The summed E-state index contributed by atoms with van der Waals surface area (Å²) >= 11 is 0. The van der Waals surface area contributed by atoms with Crippen LogP contribution in [0.2, 0.25) is 0 Å². The molecule has 1 unspecified atom stereocenters. The van der Waals surface area contributed by atoms with Gasteiger partial charge in [-0.05, 0) is 37.8 Å². The highest BCUT2D eigenvalue weighted by atomic mass is 16.5. The Kier molecular flexibility index (Phi) is 6.10. The van der Waals surface area contributed by atoms with E-state index in [9.17, 15) is 4.79 Å². The highest BCUT2D eigenvalue weighted by Crippen LogP contribution is 2.47. The first-order valence-corrected chi connectivity index (χ1v) is 10.4. The second-order valence-electron chi connectivity index (χ2n) is 8.32. The first kappa shape index (κ1) is 21.5. The lowest BCUT2D eigenvalue weighted by molar-refractivity contribution is 0.0589. The summed E-state index contributed by atoms with van der Waals surface area (Å²) in [5.74, 6) is 1.84. The third-order valence-electron chi connectivity index (χ3n) is 6.37. The fourth-order valence-corrected chi connectivity index (χ4v) is 4.72. The van der Waals surface area contributed by atoms with Gasteiger partial charge in [-0.15, -0.1) is 0 Å². The molecule has 1 spiro atoms. The maximum Gasteiger partial charge on any atom is 0.259 e. The molecular weight excluding hydrogens is 402 g/mol. The van der Waals surface area contributed by atoms with E-state index >= 15 is 0 Å². The number of hydrogen-bond donors (Lipinski definition) is 0. The van der Waals surface area contributed by atoms with Gasteiger partial charge >= 0.3 is 0 Å². The number of piperidine rings is 1. The van der Waals surface area contributed by atoms with Gasteiger partial charge in [0.2, 0.25) is 11.8 Å². The number of amides is 1. The standard InChI is InChI=1S/C21H29N5O5/c1-25-13-21(11-15(25)18-22-17(12-28-2)31-24-18)7-9-26(10-8-21)20(27)14-5-6-16(29-3)23-19(14)30-4/h5-6,15H,7-13H2,1-4H3. The maximum absolute atomic E-state index is 13.1. The van der Waals surface area contributed by atoms with Crippen LogP contribution in [0.25, 0.3) is 0 Å². The van der Waals surface area contributed by atoms with Crippen LogP contribution in [0.3, 0.4) is 0 Å². The Morgan fingerprint density at radius 3 is 2.65 bits per heavy atom. The number of methoxy groups -OCH3 is 3. The van der Waals surface area contributed by atoms with Crippen molar-refractivity contribution in [2.45, 2.75) is 31.9 Å². The summed E-state index contributed by atoms with van der Waals surface area (Å²) in [6.07, 6.45) is 2.80. The first-order chi connectivity index (χ1) is 15.0. The number of aromatic nitrogens is 3. The summed E-state index contributed by atoms with van der Waals surface area (Å²) in [5.41, 5.74) is 0.596. The Morgan fingerprint density at radius 2 is 1.97 bits per heavy atom. The molecule has 10 nitrogen and oxygen atoms in total. The van der Waals surface area contributed by atoms with Gasteiger partial charge < -0.3 is 23.6 Å². The fraction of sp³-hybridized carbons (Fsp3) is 0.619. The Bertz CT molecular complexity index is 925. The Morgan fingerprint density at radius 1 is 1.19 bits per heavy atom. The van der Waals surface area contributed by atoms with Crippen LogP contribution in [0.1, 0.15) is 47.4 Å². The minimum Gasteiger partial charge on any atom is -0.481 e. The minimum atomic E-state index is -0.0628. The van der Waals surface area contributed by atoms with Gasteiger partial charge in [-0.3, -0.25) is 9.69 Å². The van der Waals surface area contributed by atoms with Crippen LogP contribution in [0, 0.1) is 5.41 Å². The Hall–Kier alpha value is -2.72. The van der Waals surface area contributed by atoms with E-state index in [2.05, 4.69) is 27.1 Å². The summed E-state index contributed by atoms with van der Waals surface area (Å²) in [6, 6.07) is 3.51. The smallest absolute Gasteiger partial charge is 0.259 e. The number of carbonyl (C=O) groups excluding carboxylic acids is 1. The summed E-state index contributed by atoms with van der Waals surface area (Å²) in [7, 11) is 6.74. The molecule has 2 aliphatic rings. The van der Waals surface area contributed by atoms with Crippen LogP contribution >= 0.6 is 0 Å². The minimum absolute atomic E-state index is 0.0628. The molecule has 0 aromatic carbocycles. The number of ether oxygens (including phenoxy) is 3. The van der Waals surface area contributed by atoms with Crippen molar-refractivity contribution in [1.29, 1.82) is 0 Å². The van der Waals surface area contributed by atoms with Crippen LogP contribution in [0.15, 0.2) is 16.7 Å². The van der Waals surface area contributed by atoms with Crippen molar-refractivity contribution in [3.8, 4) is 11.8 Å². The number of hydrogen-bond acceptors (Lipinski definition) is 9. The van der Waals surface area contributed by atoms with E-state index in [-0.39, 0.29) is 23.2 Å². The molecule has 2 aliphatic heterocycles. The Balaban J connectivity index is 1.42. The highest BCUT2D eigenvalue weighted by molar-refractivity contribution is 5.96. The second kappa shape index (κ2) is 8.80. The van der Waals surface area contributed by atoms with Crippen LogP contribution < -0.4 is 9.47 Å². The zero-order valence-electron chi connectivity index (χ0n) is 18.5. The molecule has 2 aromatic heterocycles. The summed E-state index contributed by atoms with van der Waals surface area (Å²) in [4.78, 5) is 26.0. The molecule has 0 radical (unpaired) electrons. The normalized spacial score (nSPS) is 20.9. The van der Waals surface area contributed by atoms with Crippen molar-refractivity contribution in [3.63, 3.8) is 0 Å². The average Bonchev–Trinajstić information content (AvgIpc) is 3.37. The average molecular weight is 431 g/mol. The molecule has 2 aromatic rings. The molecule has 4 heterocycles. The molecule has 2 fully saturated rings. The first-order valence-electron chi connectivity index (χ1n) is 10.4. The van der Waals surface area contributed by atoms with Gasteiger partial charge in [0.1, 0.15) is 12.2 Å². The van der Waals surface area contributed by atoms with Crippen LogP contribution in [0.5, 0.6) is 11.8 Å². The fourth-order valence-electron chi connectivity index (χ4n) is 4.72. The van der Waals surface area contributed by atoms with Crippen LogP contribution in [-0.4, -0.2) is 78.8 Å². The van der Waals surface area contributed by atoms with Gasteiger partial charge in [-0.25, -0.2) is 0 Å². The molecule has 0 N–H and O–H groups in total.